The zero-order valence-corrected chi connectivity index (χ0v) is 14.9. The first-order chi connectivity index (χ1) is 10.9. The fourth-order valence-corrected chi connectivity index (χ4v) is 5.08. The second-order valence-corrected chi connectivity index (χ2v) is 9.52. The molecule has 1 aromatic heterocycles. The molecule has 0 spiro atoms. The molecule has 1 aromatic carbocycles. The van der Waals surface area contributed by atoms with Gasteiger partial charge >= 0.3 is 0 Å². The van der Waals surface area contributed by atoms with Crippen molar-refractivity contribution in [1.29, 1.82) is 0 Å². The smallest absolute Gasteiger partial charge is 0.240 e. The molecule has 0 aliphatic carbocycles. The van der Waals surface area contributed by atoms with Crippen molar-refractivity contribution in [2.24, 2.45) is 0 Å². The van der Waals surface area contributed by atoms with Crippen LogP contribution in [0.2, 0.25) is 0 Å². The van der Waals surface area contributed by atoms with Crippen LogP contribution in [0.25, 0.3) is 0 Å². The number of thiophene rings is 1. The molecule has 2 N–H and O–H groups in total. The van der Waals surface area contributed by atoms with Gasteiger partial charge in [-0.3, -0.25) is 4.79 Å². The largest absolute Gasteiger partial charge is 0.325 e. The molecule has 1 aliphatic heterocycles. The number of hydrogen-bond donors (Lipinski definition) is 2. The normalized spacial score (nSPS) is 18.1. The van der Waals surface area contributed by atoms with Crippen molar-refractivity contribution in [2.45, 2.75) is 34.9 Å². The van der Waals surface area contributed by atoms with E-state index in [1.807, 2.05) is 24.4 Å². The summed E-state index contributed by atoms with van der Waals surface area (Å²) in [7, 11) is -3.62. The van der Waals surface area contributed by atoms with Crippen LogP contribution in [0.4, 0.5) is 5.69 Å². The highest BCUT2D eigenvalue weighted by molar-refractivity contribution is 8.00. The summed E-state index contributed by atoms with van der Waals surface area (Å²) in [6, 6.07) is 8.61. The van der Waals surface area contributed by atoms with E-state index in [2.05, 4.69) is 10.0 Å². The molecule has 1 aliphatic rings. The van der Waals surface area contributed by atoms with E-state index in [1.54, 1.807) is 23.9 Å². The first-order valence-corrected chi connectivity index (χ1v) is 10.3. The first kappa shape index (κ1) is 16.5. The number of amides is 1. The fraction of sp³-hybridized carbons (Fsp3) is 0.267. The van der Waals surface area contributed by atoms with Crippen molar-refractivity contribution >= 4 is 44.7 Å². The second-order valence-electron chi connectivity index (χ2n) is 5.24. The maximum Gasteiger partial charge on any atom is 0.240 e. The monoisotopic (exact) mass is 368 g/mol. The van der Waals surface area contributed by atoms with Crippen LogP contribution in [-0.2, 0) is 21.4 Å². The molecular formula is C15H16N2O3S3. The summed E-state index contributed by atoms with van der Waals surface area (Å²) in [5.74, 6) is -0.0927. The SMILES string of the molecule is CC1CC(=O)Nc2cc(S(=O)(=O)NCc3cccs3)ccc2S1. The van der Waals surface area contributed by atoms with Crippen LogP contribution in [0.3, 0.4) is 0 Å². The average Bonchev–Trinajstić information content (AvgIpc) is 2.95. The van der Waals surface area contributed by atoms with Gasteiger partial charge in [0.1, 0.15) is 0 Å². The number of anilines is 1. The molecule has 1 amide bonds. The molecular weight excluding hydrogens is 352 g/mol. The number of nitrogens with one attached hydrogen (secondary N) is 2. The van der Waals surface area contributed by atoms with Gasteiger partial charge in [0.05, 0.1) is 10.6 Å². The molecule has 8 heteroatoms. The van der Waals surface area contributed by atoms with E-state index < -0.39 is 10.0 Å². The Hall–Kier alpha value is -1.35. The number of benzene rings is 1. The van der Waals surface area contributed by atoms with Gasteiger partial charge in [-0.1, -0.05) is 13.0 Å². The van der Waals surface area contributed by atoms with E-state index in [-0.39, 0.29) is 22.6 Å². The molecule has 2 aromatic rings. The molecule has 0 fully saturated rings. The molecule has 1 unspecified atom stereocenters. The van der Waals surface area contributed by atoms with E-state index in [1.165, 1.54) is 17.4 Å². The van der Waals surface area contributed by atoms with E-state index in [9.17, 15) is 13.2 Å². The van der Waals surface area contributed by atoms with Gasteiger partial charge in [0.15, 0.2) is 0 Å². The topological polar surface area (TPSA) is 75.3 Å². The maximum atomic E-state index is 12.4. The second kappa shape index (κ2) is 6.64. The lowest BCUT2D eigenvalue weighted by Crippen LogP contribution is -2.23. The summed E-state index contributed by atoms with van der Waals surface area (Å²) < 4.78 is 27.4. The van der Waals surface area contributed by atoms with Crippen molar-refractivity contribution in [3.63, 3.8) is 0 Å². The molecule has 122 valence electrons. The van der Waals surface area contributed by atoms with E-state index in [0.717, 1.165) is 9.77 Å². The van der Waals surface area contributed by atoms with Crippen molar-refractivity contribution in [1.82, 2.24) is 4.72 Å². The van der Waals surface area contributed by atoms with Crippen molar-refractivity contribution < 1.29 is 13.2 Å². The Labute approximate surface area is 143 Å². The Balaban J connectivity index is 1.84. The van der Waals surface area contributed by atoms with Crippen molar-refractivity contribution in [2.75, 3.05) is 5.32 Å². The predicted octanol–water partition coefficient (Wildman–Crippen LogP) is 3.05. The third kappa shape index (κ3) is 3.95. The minimum absolute atomic E-state index is 0.0927. The number of hydrogen-bond acceptors (Lipinski definition) is 5. The van der Waals surface area contributed by atoms with E-state index >= 15 is 0 Å². The fourth-order valence-electron chi connectivity index (χ4n) is 2.26. The summed E-state index contributed by atoms with van der Waals surface area (Å²) in [4.78, 5) is 13.8. The highest BCUT2D eigenvalue weighted by Gasteiger charge is 2.22. The highest BCUT2D eigenvalue weighted by atomic mass is 32.2. The predicted molar refractivity (Wildman–Crippen MR) is 93.4 cm³/mol. The first-order valence-electron chi connectivity index (χ1n) is 7.06. The van der Waals surface area contributed by atoms with Gasteiger partial charge in [-0.25, -0.2) is 13.1 Å². The van der Waals surface area contributed by atoms with Crippen LogP contribution in [0.5, 0.6) is 0 Å². The molecule has 5 nitrogen and oxygen atoms in total. The van der Waals surface area contributed by atoms with Crippen LogP contribution >= 0.6 is 23.1 Å². The minimum atomic E-state index is -3.62. The molecule has 0 bridgehead atoms. The molecule has 2 heterocycles. The van der Waals surface area contributed by atoms with Crippen molar-refractivity contribution in [3.05, 3.63) is 40.6 Å². The highest BCUT2D eigenvalue weighted by Crippen LogP contribution is 2.36. The number of carbonyl (C=O) groups is 1. The zero-order valence-electron chi connectivity index (χ0n) is 12.4. The Kier molecular flexibility index (Phi) is 4.77. The van der Waals surface area contributed by atoms with Gasteiger partial charge < -0.3 is 5.32 Å². The third-order valence-electron chi connectivity index (χ3n) is 3.35. The molecule has 3 rings (SSSR count). The quantitative estimate of drug-likeness (QED) is 0.870. The zero-order chi connectivity index (χ0) is 16.4. The molecule has 0 radical (unpaired) electrons. The van der Waals surface area contributed by atoms with E-state index in [4.69, 9.17) is 0 Å². The van der Waals surface area contributed by atoms with Crippen LogP contribution in [0, 0.1) is 0 Å². The Morgan fingerprint density at radius 3 is 2.91 bits per heavy atom. The number of rotatable bonds is 4. The van der Waals surface area contributed by atoms with Crippen LogP contribution in [-0.4, -0.2) is 19.6 Å². The van der Waals surface area contributed by atoms with Gasteiger partial charge in [-0.15, -0.1) is 23.1 Å². The number of carbonyl (C=O) groups excluding carboxylic acids is 1. The summed E-state index contributed by atoms with van der Waals surface area (Å²) in [6.07, 6.45) is 0.415. The average molecular weight is 369 g/mol. The lowest BCUT2D eigenvalue weighted by molar-refractivity contribution is -0.116. The standard InChI is InChI=1S/C15H16N2O3S3/c1-10-7-15(18)17-13-8-12(4-5-14(13)22-10)23(19,20)16-9-11-3-2-6-21-11/h2-6,8,10,16H,7,9H2,1H3,(H,17,18). The van der Waals surface area contributed by atoms with Gasteiger partial charge in [0.2, 0.25) is 15.9 Å². The summed E-state index contributed by atoms with van der Waals surface area (Å²) in [5.41, 5.74) is 0.559. The molecule has 0 saturated heterocycles. The minimum Gasteiger partial charge on any atom is -0.325 e. The Bertz CT molecular complexity index is 816. The van der Waals surface area contributed by atoms with Gasteiger partial charge in [0, 0.05) is 28.0 Å². The van der Waals surface area contributed by atoms with Crippen molar-refractivity contribution in [3.8, 4) is 0 Å². The van der Waals surface area contributed by atoms with Crippen LogP contribution < -0.4 is 10.0 Å². The molecule has 1 atom stereocenters. The summed E-state index contributed by atoms with van der Waals surface area (Å²) in [6.45, 7) is 2.24. The van der Waals surface area contributed by atoms with Crippen LogP contribution in [0.1, 0.15) is 18.2 Å². The maximum absolute atomic E-state index is 12.4. The summed E-state index contributed by atoms with van der Waals surface area (Å²) in [5, 5.41) is 4.85. The molecule has 23 heavy (non-hydrogen) atoms. The van der Waals surface area contributed by atoms with Crippen LogP contribution in [0.15, 0.2) is 45.5 Å². The third-order valence-corrected chi connectivity index (χ3v) is 6.81. The summed E-state index contributed by atoms with van der Waals surface area (Å²) >= 11 is 3.07. The Morgan fingerprint density at radius 2 is 2.17 bits per heavy atom. The number of thioether (sulfide) groups is 1. The number of fused-ring (bicyclic) bond motifs is 1. The van der Waals surface area contributed by atoms with Gasteiger partial charge in [-0.2, -0.15) is 0 Å². The molecule has 0 saturated carbocycles. The van der Waals surface area contributed by atoms with Gasteiger partial charge in [-0.05, 0) is 29.6 Å². The van der Waals surface area contributed by atoms with Gasteiger partial charge in [0.25, 0.3) is 0 Å². The Morgan fingerprint density at radius 1 is 1.35 bits per heavy atom. The lowest BCUT2D eigenvalue weighted by atomic mass is 10.3. The van der Waals surface area contributed by atoms with E-state index in [0.29, 0.717) is 12.1 Å². The lowest BCUT2D eigenvalue weighted by Gasteiger charge is -2.11. The number of sulfonamides is 1.